The van der Waals surface area contributed by atoms with Crippen LogP contribution in [0, 0.1) is 17.7 Å². The van der Waals surface area contributed by atoms with E-state index in [2.05, 4.69) is 0 Å². The van der Waals surface area contributed by atoms with Crippen molar-refractivity contribution in [2.45, 2.75) is 63.8 Å². The Bertz CT molecular complexity index is 617. The number of benzene rings is 1. The number of halogens is 1. The number of nitrogens with zero attached hydrogens (tertiary/aromatic N) is 1. The van der Waals surface area contributed by atoms with Crippen LogP contribution < -0.4 is 0 Å². The monoisotopic (exact) mass is 361 g/mol. The first-order valence-electron chi connectivity index (χ1n) is 9.82. The fraction of sp³-hybridized carbons (Fsp3) is 0.619. The molecule has 1 aromatic rings. The predicted octanol–water partition coefficient (Wildman–Crippen LogP) is 4.03. The van der Waals surface area contributed by atoms with Gasteiger partial charge in [-0.05, 0) is 62.6 Å². The van der Waals surface area contributed by atoms with Gasteiger partial charge in [0.15, 0.2) is 0 Å². The second-order valence-corrected chi connectivity index (χ2v) is 7.73. The second-order valence-electron chi connectivity index (χ2n) is 7.73. The van der Waals surface area contributed by atoms with Crippen LogP contribution >= 0.6 is 0 Å². The number of hydrogen-bond acceptors (Lipinski definition) is 2. The van der Waals surface area contributed by atoms with Crippen LogP contribution in [-0.4, -0.2) is 34.5 Å². The standard InChI is InChI=1S/C21H28FNO3/c22-18-11-5-15(6-12-18)13-14-23(19-3-1-2-4-19)20(24)16-7-9-17(10-8-16)21(25)26/h5-6,11-12,16-17,19H,1-4,7-10,13-14H2,(H,25,26). The van der Waals surface area contributed by atoms with Crippen molar-refractivity contribution in [3.63, 3.8) is 0 Å². The molecule has 4 nitrogen and oxygen atoms in total. The van der Waals surface area contributed by atoms with Gasteiger partial charge in [-0.25, -0.2) is 4.39 Å². The maximum atomic E-state index is 13.2. The molecule has 0 aliphatic heterocycles. The lowest BCUT2D eigenvalue weighted by atomic mass is 9.81. The summed E-state index contributed by atoms with van der Waals surface area (Å²) in [5.41, 5.74) is 1.04. The molecule has 0 radical (unpaired) electrons. The van der Waals surface area contributed by atoms with Crippen LogP contribution in [0.15, 0.2) is 24.3 Å². The highest BCUT2D eigenvalue weighted by Gasteiger charge is 2.35. The van der Waals surface area contributed by atoms with Gasteiger partial charge in [0.1, 0.15) is 5.82 Å². The molecule has 1 amide bonds. The van der Waals surface area contributed by atoms with E-state index in [1.54, 1.807) is 12.1 Å². The largest absolute Gasteiger partial charge is 0.481 e. The van der Waals surface area contributed by atoms with Crippen molar-refractivity contribution >= 4 is 11.9 Å². The molecule has 0 atom stereocenters. The summed E-state index contributed by atoms with van der Waals surface area (Å²) in [6.07, 6.45) is 7.72. The lowest BCUT2D eigenvalue weighted by molar-refractivity contribution is -0.146. The maximum Gasteiger partial charge on any atom is 0.306 e. The first-order valence-corrected chi connectivity index (χ1v) is 9.82. The Morgan fingerprint density at radius 3 is 2.12 bits per heavy atom. The molecule has 0 bridgehead atoms. The lowest BCUT2D eigenvalue weighted by Gasteiger charge is -2.35. The number of amides is 1. The Kier molecular flexibility index (Phi) is 6.28. The van der Waals surface area contributed by atoms with E-state index in [9.17, 15) is 14.0 Å². The zero-order chi connectivity index (χ0) is 18.5. The van der Waals surface area contributed by atoms with Crippen LogP contribution in [0.5, 0.6) is 0 Å². The second kappa shape index (κ2) is 8.65. The highest BCUT2D eigenvalue weighted by molar-refractivity contribution is 5.80. The third kappa shape index (κ3) is 4.63. The molecule has 0 spiro atoms. The van der Waals surface area contributed by atoms with E-state index in [-0.39, 0.29) is 23.6 Å². The summed E-state index contributed by atoms with van der Waals surface area (Å²) in [6, 6.07) is 6.80. The van der Waals surface area contributed by atoms with Gasteiger partial charge in [0.05, 0.1) is 5.92 Å². The normalized spacial score (nSPS) is 23.7. The Morgan fingerprint density at radius 2 is 1.54 bits per heavy atom. The molecule has 3 rings (SSSR count). The number of carboxylic acids is 1. The van der Waals surface area contributed by atoms with Gasteiger partial charge in [0.2, 0.25) is 5.91 Å². The highest BCUT2D eigenvalue weighted by Crippen LogP contribution is 2.32. The minimum Gasteiger partial charge on any atom is -0.481 e. The van der Waals surface area contributed by atoms with Crippen LogP contribution in [0.2, 0.25) is 0 Å². The first-order chi connectivity index (χ1) is 12.5. The van der Waals surface area contributed by atoms with Crippen molar-refractivity contribution in [1.29, 1.82) is 0 Å². The molecule has 5 heteroatoms. The summed E-state index contributed by atoms with van der Waals surface area (Å²) in [6.45, 7) is 0.661. The van der Waals surface area contributed by atoms with Gasteiger partial charge in [-0.3, -0.25) is 9.59 Å². The highest BCUT2D eigenvalue weighted by atomic mass is 19.1. The fourth-order valence-electron chi connectivity index (χ4n) is 4.41. The molecule has 0 aromatic heterocycles. The summed E-state index contributed by atoms with van der Waals surface area (Å²) >= 11 is 0. The maximum absolute atomic E-state index is 13.2. The number of hydrogen-bond donors (Lipinski definition) is 1. The molecule has 2 saturated carbocycles. The minimum absolute atomic E-state index is 0.0422. The van der Waals surface area contributed by atoms with Crippen LogP contribution in [0.4, 0.5) is 4.39 Å². The van der Waals surface area contributed by atoms with Gasteiger partial charge in [-0.2, -0.15) is 0 Å². The van der Waals surface area contributed by atoms with Crippen molar-refractivity contribution in [3.8, 4) is 0 Å². The third-order valence-electron chi connectivity index (χ3n) is 6.03. The molecule has 26 heavy (non-hydrogen) atoms. The van der Waals surface area contributed by atoms with Crippen molar-refractivity contribution in [3.05, 3.63) is 35.6 Å². The molecule has 2 aliphatic carbocycles. The molecule has 1 N–H and O–H groups in total. The Morgan fingerprint density at radius 1 is 0.962 bits per heavy atom. The predicted molar refractivity (Wildman–Crippen MR) is 97.2 cm³/mol. The van der Waals surface area contributed by atoms with Crippen LogP contribution in [0.3, 0.4) is 0 Å². The van der Waals surface area contributed by atoms with Crippen LogP contribution in [0.25, 0.3) is 0 Å². The fourth-order valence-corrected chi connectivity index (χ4v) is 4.41. The number of aliphatic carboxylic acids is 1. The summed E-state index contributed by atoms with van der Waals surface area (Å²) in [7, 11) is 0. The molecule has 1 aromatic carbocycles. The van der Waals surface area contributed by atoms with Gasteiger partial charge in [0.25, 0.3) is 0 Å². The van der Waals surface area contributed by atoms with Gasteiger partial charge in [-0.1, -0.05) is 25.0 Å². The Hall–Kier alpha value is -1.91. The van der Waals surface area contributed by atoms with Crippen LogP contribution in [-0.2, 0) is 16.0 Å². The number of carbonyl (C=O) groups excluding carboxylic acids is 1. The van der Waals surface area contributed by atoms with Crippen molar-refractivity contribution in [1.82, 2.24) is 4.90 Å². The van der Waals surface area contributed by atoms with Crippen LogP contribution in [0.1, 0.15) is 56.9 Å². The average Bonchev–Trinajstić information content (AvgIpc) is 3.18. The Labute approximate surface area is 154 Å². The van der Waals surface area contributed by atoms with Gasteiger partial charge < -0.3 is 10.0 Å². The van der Waals surface area contributed by atoms with Gasteiger partial charge in [0, 0.05) is 18.5 Å². The summed E-state index contributed by atoms with van der Waals surface area (Å²) < 4.78 is 13.1. The van der Waals surface area contributed by atoms with E-state index in [1.165, 1.54) is 12.1 Å². The zero-order valence-corrected chi connectivity index (χ0v) is 15.2. The molecule has 0 heterocycles. The first kappa shape index (κ1) is 18.9. The van der Waals surface area contributed by atoms with Gasteiger partial charge in [-0.15, -0.1) is 0 Å². The summed E-state index contributed by atoms with van der Waals surface area (Å²) in [4.78, 5) is 26.3. The number of rotatable bonds is 6. The van der Waals surface area contributed by atoms with E-state index in [4.69, 9.17) is 5.11 Å². The minimum atomic E-state index is -0.736. The molecule has 0 unspecified atom stereocenters. The molecule has 142 valence electrons. The summed E-state index contributed by atoms with van der Waals surface area (Å²) in [5.74, 6) is -1.12. The zero-order valence-electron chi connectivity index (χ0n) is 15.2. The van der Waals surface area contributed by atoms with Gasteiger partial charge >= 0.3 is 5.97 Å². The molecular weight excluding hydrogens is 333 g/mol. The average molecular weight is 361 g/mol. The van der Waals surface area contributed by atoms with E-state index in [0.717, 1.165) is 37.7 Å². The molecule has 0 saturated heterocycles. The Balaban J connectivity index is 1.62. The van der Waals surface area contributed by atoms with E-state index in [0.29, 0.717) is 38.3 Å². The topological polar surface area (TPSA) is 57.6 Å². The molecular formula is C21H28FNO3. The van der Waals surface area contributed by atoms with Crippen molar-refractivity contribution in [2.24, 2.45) is 11.8 Å². The number of carbonyl (C=O) groups is 2. The van der Waals surface area contributed by atoms with Crippen molar-refractivity contribution in [2.75, 3.05) is 6.54 Å². The van der Waals surface area contributed by atoms with E-state index >= 15 is 0 Å². The summed E-state index contributed by atoms with van der Waals surface area (Å²) in [5, 5.41) is 9.15. The quantitative estimate of drug-likeness (QED) is 0.832. The SMILES string of the molecule is O=C(O)C1CCC(C(=O)N(CCc2ccc(F)cc2)C2CCCC2)CC1. The van der Waals surface area contributed by atoms with Crippen molar-refractivity contribution < 1.29 is 19.1 Å². The lowest BCUT2D eigenvalue weighted by Crippen LogP contribution is -2.44. The smallest absolute Gasteiger partial charge is 0.306 e. The molecule has 2 aliphatic rings. The van der Waals surface area contributed by atoms with E-state index in [1.807, 2.05) is 4.90 Å². The number of carboxylic acid groups (broad SMARTS) is 1. The van der Waals surface area contributed by atoms with E-state index < -0.39 is 5.97 Å². The third-order valence-corrected chi connectivity index (χ3v) is 6.03. The molecule has 2 fully saturated rings.